The number of aliphatic hydroxyl groups excluding tert-OH is 1. The van der Waals surface area contributed by atoms with Crippen LogP contribution in [0.3, 0.4) is 0 Å². The number of hydrogen-bond acceptors (Lipinski definition) is 9. The number of carboxylic acids is 2. The highest BCUT2D eigenvalue weighted by molar-refractivity contribution is 5.84. The van der Waals surface area contributed by atoms with E-state index in [1.165, 1.54) is 38.5 Å². The van der Waals surface area contributed by atoms with Gasteiger partial charge in [0, 0.05) is 18.6 Å². The lowest BCUT2D eigenvalue weighted by Gasteiger charge is -2.40. The Morgan fingerprint density at radius 2 is 1.46 bits per heavy atom. The number of ether oxygens (including phenoxy) is 1. The lowest BCUT2D eigenvalue weighted by atomic mass is 9.90. The number of nitrogens with two attached hydrogens (primary N) is 3. The van der Waals surface area contributed by atoms with Crippen LogP contribution in [0.25, 0.3) is 0 Å². The third-order valence-corrected chi connectivity index (χ3v) is 7.61. The van der Waals surface area contributed by atoms with Crippen LogP contribution in [0.15, 0.2) is 9.98 Å². The first-order valence-electron chi connectivity index (χ1n) is 15.9. The Balaban J connectivity index is 0.00000131. The highest BCUT2D eigenvalue weighted by Crippen LogP contribution is 2.37. The van der Waals surface area contributed by atoms with E-state index in [1.54, 1.807) is 0 Å². The molecule has 0 radical (unpaired) electrons. The minimum absolute atomic E-state index is 0.0163. The van der Waals surface area contributed by atoms with Gasteiger partial charge >= 0.3 is 30.3 Å². The molecule has 5 atom stereocenters. The molecule has 0 aromatic rings. The number of carboxylic acid groups (broad SMARTS) is 2. The summed E-state index contributed by atoms with van der Waals surface area (Å²) in [4.78, 5) is 41.3. The summed E-state index contributed by atoms with van der Waals surface area (Å²) in [6.07, 6.45) is 2.88. The zero-order valence-electron chi connectivity index (χ0n) is 27.3. The number of esters is 1. The van der Waals surface area contributed by atoms with E-state index >= 15 is 0 Å². The number of unbranched alkanes of at least 4 members (excludes halogenated alkanes) is 7. The SMILES string of the molecule is CCCCCCCCC[C@H](O)C[C@@H]1CC[C@H]2[C@@H](C(=O)OCCCCN=C(N)N)[C@@H](C)N=C(N)N12.O=C(O)C(F)(F)F.O=C(O)C(F)(F)F. The van der Waals surface area contributed by atoms with Crippen LogP contribution in [-0.4, -0.2) is 99.8 Å². The Kier molecular flexibility index (Phi) is 20.6. The van der Waals surface area contributed by atoms with E-state index in [4.69, 9.17) is 41.7 Å². The summed E-state index contributed by atoms with van der Waals surface area (Å²) in [5.74, 6) is -5.50. The summed E-state index contributed by atoms with van der Waals surface area (Å²) < 4.78 is 69.1. The maximum absolute atomic E-state index is 12.9. The Labute approximate surface area is 276 Å². The zero-order chi connectivity index (χ0) is 37.1. The molecular weight excluding hydrogens is 658 g/mol. The summed E-state index contributed by atoms with van der Waals surface area (Å²) in [7, 11) is 0. The Bertz CT molecular complexity index is 1020. The molecule has 2 aliphatic heterocycles. The van der Waals surface area contributed by atoms with Gasteiger partial charge in [0.2, 0.25) is 0 Å². The third kappa shape index (κ3) is 18.1. The minimum Gasteiger partial charge on any atom is -0.475 e. The van der Waals surface area contributed by atoms with Gasteiger partial charge in [0.25, 0.3) is 0 Å². The van der Waals surface area contributed by atoms with E-state index in [2.05, 4.69) is 21.8 Å². The quantitative estimate of drug-likeness (QED) is 0.0443. The fourth-order valence-electron chi connectivity index (χ4n) is 5.34. The molecular formula is C29H50F6N6O7. The molecule has 1 fully saturated rings. The van der Waals surface area contributed by atoms with Gasteiger partial charge in [-0.25, -0.2) is 14.6 Å². The molecule has 2 rings (SSSR count). The van der Waals surface area contributed by atoms with Crippen molar-refractivity contribution < 1.29 is 60.8 Å². The Hall–Kier alpha value is -3.51. The highest BCUT2D eigenvalue weighted by Gasteiger charge is 2.48. The molecule has 0 saturated carbocycles. The molecule has 19 heteroatoms. The van der Waals surface area contributed by atoms with Crippen LogP contribution in [0.2, 0.25) is 0 Å². The average Bonchev–Trinajstić information content (AvgIpc) is 3.37. The summed E-state index contributed by atoms with van der Waals surface area (Å²) in [5.41, 5.74) is 16.9. The van der Waals surface area contributed by atoms with Crippen molar-refractivity contribution in [3.8, 4) is 0 Å². The lowest BCUT2D eigenvalue weighted by molar-refractivity contribution is -0.193. The molecule has 0 spiro atoms. The summed E-state index contributed by atoms with van der Waals surface area (Å²) in [5, 5.41) is 24.9. The normalized spacial score (nSPS) is 20.9. The number of carbonyl (C=O) groups is 3. The van der Waals surface area contributed by atoms with Gasteiger partial charge in [-0.05, 0) is 45.4 Å². The number of guanidine groups is 2. The van der Waals surface area contributed by atoms with Crippen molar-refractivity contribution in [1.82, 2.24) is 4.90 Å². The van der Waals surface area contributed by atoms with Crippen molar-refractivity contribution in [1.29, 1.82) is 0 Å². The standard InChI is InChI=1S/C25H48N6O3.2C2HF3O2/c1-3-4-5-6-7-8-9-12-20(32)17-19-13-14-21-22(18(2)30-25(28)31(19)21)23(33)34-16-11-10-15-29-24(26)27;2*3-2(4,5)1(6)7/h18-22,32H,3-17H2,1-2H3,(H2,28,30)(H4,26,27,29);2*(H,6,7)/t18-,19+,20+,21+,22+;;/m1../s1. The van der Waals surface area contributed by atoms with E-state index in [-0.39, 0.29) is 42.1 Å². The first-order chi connectivity index (χ1) is 22.2. The van der Waals surface area contributed by atoms with Crippen LogP contribution in [0.5, 0.6) is 0 Å². The number of hydrogen-bond donors (Lipinski definition) is 6. The summed E-state index contributed by atoms with van der Waals surface area (Å²) in [6, 6.07) is -0.111. The molecule has 2 aliphatic rings. The van der Waals surface area contributed by atoms with Crippen molar-refractivity contribution in [2.75, 3.05) is 13.2 Å². The fraction of sp³-hybridized carbons (Fsp3) is 0.828. The molecule has 1 saturated heterocycles. The molecule has 0 aromatic carbocycles. The van der Waals surface area contributed by atoms with Crippen LogP contribution >= 0.6 is 0 Å². The Morgan fingerprint density at radius 3 is 1.96 bits per heavy atom. The second-order valence-electron chi connectivity index (χ2n) is 11.5. The number of aliphatic imine (C=N–C) groups is 2. The van der Waals surface area contributed by atoms with Crippen molar-refractivity contribution in [3.05, 3.63) is 0 Å². The lowest BCUT2D eigenvalue weighted by Crippen LogP contribution is -2.56. The molecule has 0 unspecified atom stereocenters. The van der Waals surface area contributed by atoms with Crippen LogP contribution in [0.1, 0.15) is 97.3 Å². The molecule has 2 heterocycles. The summed E-state index contributed by atoms with van der Waals surface area (Å²) in [6.45, 7) is 5.03. The zero-order valence-corrected chi connectivity index (χ0v) is 27.3. The van der Waals surface area contributed by atoms with E-state index in [1.807, 2.05) is 6.92 Å². The van der Waals surface area contributed by atoms with Crippen LogP contribution in [0, 0.1) is 5.92 Å². The first-order valence-corrected chi connectivity index (χ1v) is 15.9. The van der Waals surface area contributed by atoms with Gasteiger partial charge in [0.05, 0.1) is 24.7 Å². The monoisotopic (exact) mass is 708 g/mol. The van der Waals surface area contributed by atoms with Crippen LogP contribution < -0.4 is 17.2 Å². The van der Waals surface area contributed by atoms with E-state index in [9.17, 15) is 36.2 Å². The molecule has 0 bridgehead atoms. The third-order valence-electron chi connectivity index (χ3n) is 7.61. The van der Waals surface area contributed by atoms with E-state index in [0.717, 1.165) is 32.1 Å². The van der Waals surface area contributed by atoms with E-state index < -0.39 is 24.3 Å². The predicted molar refractivity (Wildman–Crippen MR) is 165 cm³/mol. The largest absolute Gasteiger partial charge is 0.490 e. The van der Waals surface area contributed by atoms with Crippen molar-refractivity contribution in [2.24, 2.45) is 33.1 Å². The number of halogens is 6. The highest BCUT2D eigenvalue weighted by atomic mass is 19.4. The molecule has 0 aromatic heterocycles. The average molecular weight is 709 g/mol. The van der Waals surface area contributed by atoms with Gasteiger partial charge < -0.3 is 42.2 Å². The topological polar surface area (TPSA) is 227 Å². The molecule has 48 heavy (non-hydrogen) atoms. The number of fused-ring (bicyclic) bond motifs is 1. The number of aliphatic carboxylic acids is 2. The Morgan fingerprint density at radius 1 is 0.938 bits per heavy atom. The van der Waals surface area contributed by atoms with Gasteiger partial charge in [-0.15, -0.1) is 0 Å². The smallest absolute Gasteiger partial charge is 0.475 e. The van der Waals surface area contributed by atoms with Crippen LogP contribution in [-0.2, 0) is 19.1 Å². The van der Waals surface area contributed by atoms with Crippen molar-refractivity contribution in [2.45, 2.75) is 134 Å². The predicted octanol–water partition coefficient (Wildman–Crippen LogP) is 3.91. The van der Waals surface area contributed by atoms with Crippen LogP contribution in [0.4, 0.5) is 26.3 Å². The van der Waals surface area contributed by atoms with Gasteiger partial charge in [-0.1, -0.05) is 51.9 Å². The number of nitrogens with zero attached hydrogens (tertiary/aromatic N) is 3. The molecule has 0 aliphatic carbocycles. The number of alkyl halides is 6. The number of carbonyl (C=O) groups excluding carboxylic acids is 1. The number of aliphatic hydroxyl groups is 1. The van der Waals surface area contributed by atoms with E-state index in [0.29, 0.717) is 32.0 Å². The maximum atomic E-state index is 12.9. The van der Waals surface area contributed by atoms with Gasteiger partial charge in [0.1, 0.15) is 0 Å². The summed E-state index contributed by atoms with van der Waals surface area (Å²) >= 11 is 0. The van der Waals surface area contributed by atoms with Crippen molar-refractivity contribution in [3.63, 3.8) is 0 Å². The van der Waals surface area contributed by atoms with Gasteiger partial charge in [-0.3, -0.25) is 9.79 Å². The molecule has 280 valence electrons. The maximum Gasteiger partial charge on any atom is 0.490 e. The second-order valence-corrected chi connectivity index (χ2v) is 11.5. The van der Waals surface area contributed by atoms with Crippen molar-refractivity contribution >= 4 is 29.8 Å². The first kappa shape index (κ1) is 44.5. The molecule has 9 N–H and O–H groups in total. The van der Waals surface area contributed by atoms with Gasteiger partial charge in [-0.2, -0.15) is 26.3 Å². The molecule has 13 nitrogen and oxygen atoms in total. The fourth-order valence-corrected chi connectivity index (χ4v) is 5.34. The molecule has 0 amide bonds. The second kappa shape index (κ2) is 22.2. The van der Waals surface area contributed by atoms with Gasteiger partial charge in [0.15, 0.2) is 11.9 Å². The minimum atomic E-state index is -5.08. The number of rotatable bonds is 16.